The fraction of sp³-hybridized carbons (Fsp3) is 0.286. The largest absolute Gasteiger partial charge is 0.341 e. The van der Waals surface area contributed by atoms with Crippen molar-refractivity contribution in [2.45, 2.75) is 19.4 Å². The first kappa shape index (κ1) is 19.0. The molecule has 5 rings (SSSR count). The van der Waals surface area contributed by atoms with Crippen LogP contribution < -0.4 is 10.6 Å². The number of para-hydroxylation sites is 1. The number of aromatic nitrogens is 6. The lowest BCUT2D eigenvalue weighted by atomic mass is 10.3. The summed E-state index contributed by atoms with van der Waals surface area (Å²) in [6.45, 7) is 2.07. The average molecular weight is 417 g/mol. The van der Waals surface area contributed by atoms with Crippen LogP contribution in [0, 0.1) is 0 Å². The minimum atomic E-state index is 0.212. The number of carbonyl (C=O) groups is 1. The number of anilines is 4. The number of nitrogens with zero attached hydrogens (tertiary/aromatic N) is 7. The Bertz CT molecular complexity index is 1210. The molecular formula is C21H23N9O. The number of amides is 1. The maximum Gasteiger partial charge on any atom is 0.232 e. The average Bonchev–Trinajstić information content (AvgIpc) is 3.48. The first-order valence-electron chi connectivity index (χ1n) is 10.2. The summed E-state index contributed by atoms with van der Waals surface area (Å²) < 4.78 is 3.68. The number of hydrogen-bond acceptors (Lipinski definition) is 7. The Kier molecular flexibility index (Phi) is 4.95. The van der Waals surface area contributed by atoms with Gasteiger partial charge >= 0.3 is 0 Å². The SMILES string of the molecule is Cn1nccc1Nc1nc(Nc2ccccc2)c2ncn(CCN3CCCC3=O)c2n1. The van der Waals surface area contributed by atoms with Crippen LogP contribution in [0.4, 0.5) is 23.3 Å². The Hall–Kier alpha value is -3.95. The van der Waals surface area contributed by atoms with Gasteiger partial charge in [0, 0.05) is 44.9 Å². The summed E-state index contributed by atoms with van der Waals surface area (Å²) in [6.07, 6.45) is 5.03. The van der Waals surface area contributed by atoms with Crippen molar-refractivity contribution < 1.29 is 4.79 Å². The Balaban J connectivity index is 1.50. The van der Waals surface area contributed by atoms with Gasteiger partial charge in [0.1, 0.15) is 5.82 Å². The van der Waals surface area contributed by atoms with Crippen molar-refractivity contribution in [1.82, 2.24) is 34.2 Å². The third kappa shape index (κ3) is 3.91. The molecular weight excluding hydrogens is 394 g/mol. The molecule has 4 aromatic rings. The molecule has 31 heavy (non-hydrogen) atoms. The zero-order valence-electron chi connectivity index (χ0n) is 17.2. The van der Waals surface area contributed by atoms with Gasteiger partial charge in [-0.25, -0.2) is 4.98 Å². The van der Waals surface area contributed by atoms with Crippen molar-refractivity contribution in [3.05, 3.63) is 48.9 Å². The minimum absolute atomic E-state index is 0.212. The van der Waals surface area contributed by atoms with E-state index in [4.69, 9.17) is 4.98 Å². The summed E-state index contributed by atoms with van der Waals surface area (Å²) in [5.74, 6) is 2.04. The summed E-state index contributed by atoms with van der Waals surface area (Å²) in [6, 6.07) is 11.7. The Morgan fingerprint density at radius 3 is 2.68 bits per heavy atom. The molecule has 0 bridgehead atoms. The summed E-state index contributed by atoms with van der Waals surface area (Å²) in [7, 11) is 1.85. The highest BCUT2D eigenvalue weighted by Crippen LogP contribution is 2.25. The van der Waals surface area contributed by atoms with Crippen molar-refractivity contribution >= 4 is 40.3 Å². The van der Waals surface area contributed by atoms with Crippen LogP contribution in [0.15, 0.2) is 48.9 Å². The van der Waals surface area contributed by atoms with Gasteiger partial charge in [0.05, 0.1) is 12.5 Å². The van der Waals surface area contributed by atoms with Crippen LogP contribution in [0.5, 0.6) is 0 Å². The predicted octanol–water partition coefficient (Wildman–Crippen LogP) is 2.67. The minimum Gasteiger partial charge on any atom is -0.341 e. The quantitative estimate of drug-likeness (QED) is 0.476. The fourth-order valence-electron chi connectivity index (χ4n) is 3.69. The van der Waals surface area contributed by atoms with Gasteiger partial charge in [0.25, 0.3) is 0 Å². The molecule has 2 N–H and O–H groups in total. The Morgan fingerprint density at radius 1 is 1.06 bits per heavy atom. The zero-order valence-corrected chi connectivity index (χ0v) is 17.2. The number of carbonyl (C=O) groups excluding carboxylic acids is 1. The number of fused-ring (bicyclic) bond motifs is 1. The summed E-state index contributed by atoms with van der Waals surface area (Å²) in [5.41, 5.74) is 2.28. The highest BCUT2D eigenvalue weighted by atomic mass is 16.2. The van der Waals surface area contributed by atoms with Crippen molar-refractivity contribution in [3.8, 4) is 0 Å². The number of rotatable bonds is 7. The zero-order chi connectivity index (χ0) is 21.2. The molecule has 10 nitrogen and oxygen atoms in total. The fourth-order valence-corrected chi connectivity index (χ4v) is 3.69. The standard InChI is InChI=1S/C21H23N9O/c1-28-16(9-10-23-28)25-21-26-19(24-15-6-3-2-4-7-15)18-20(27-21)30(14-22-18)13-12-29-11-5-8-17(29)31/h2-4,6-7,9-10,14H,5,8,11-13H2,1H3,(H2,24,25,26,27). The second-order valence-corrected chi connectivity index (χ2v) is 7.45. The number of imidazole rings is 1. The number of hydrogen-bond donors (Lipinski definition) is 2. The molecule has 158 valence electrons. The van der Waals surface area contributed by atoms with E-state index >= 15 is 0 Å². The van der Waals surface area contributed by atoms with E-state index in [1.54, 1.807) is 17.2 Å². The maximum absolute atomic E-state index is 12.0. The van der Waals surface area contributed by atoms with E-state index in [-0.39, 0.29) is 5.91 Å². The van der Waals surface area contributed by atoms with Crippen LogP contribution in [-0.4, -0.2) is 53.2 Å². The van der Waals surface area contributed by atoms with Crippen molar-refractivity contribution in [2.75, 3.05) is 23.7 Å². The van der Waals surface area contributed by atoms with Crippen LogP contribution in [0.3, 0.4) is 0 Å². The normalized spacial score (nSPS) is 13.8. The van der Waals surface area contributed by atoms with Gasteiger partial charge in [-0.3, -0.25) is 9.48 Å². The van der Waals surface area contributed by atoms with E-state index in [2.05, 4.69) is 25.7 Å². The Morgan fingerprint density at radius 2 is 1.94 bits per heavy atom. The number of likely N-dealkylation sites (tertiary alicyclic amines) is 1. The van der Waals surface area contributed by atoms with Gasteiger partial charge < -0.3 is 20.1 Å². The van der Waals surface area contributed by atoms with Crippen molar-refractivity contribution in [2.24, 2.45) is 7.05 Å². The summed E-state index contributed by atoms with van der Waals surface area (Å²) in [4.78, 5) is 27.8. The molecule has 0 aliphatic carbocycles. The van der Waals surface area contributed by atoms with E-state index in [1.807, 2.05) is 52.9 Å². The predicted molar refractivity (Wildman–Crippen MR) is 117 cm³/mol. The monoisotopic (exact) mass is 417 g/mol. The lowest BCUT2D eigenvalue weighted by molar-refractivity contribution is -0.127. The van der Waals surface area contributed by atoms with Crippen LogP contribution >= 0.6 is 0 Å². The molecule has 1 aliphatic rings. The second kappa shape index (κ2) is 8.05. The molecule has 0 unspecified atom stereocenters. The molecule has 3 aromatic heterocycles. The van der Waals surface area contributed by atoms with E-state index in [1.165, 1.54) is 0 Å². The van der Waals surface area contributed by atoms with E-state index in [0.717, 1.165) is 24.5 Å². The van der Waals surface area contributed by atoms with Crippen LogP contribution in [0.2, 0.25) is 0 Å². The Labute approximate surface area is 178 Å². The molecule has 4 heterocycles. The summed E-state index contributed by atoms with van der Waals surface area (Å²) >= 11 is 0. The molecule has 10 heteroatoms. The molecule has 1 saturated heterocycles. The third-order valence-corrected chi connectivity index (χ3v) is 5.34. The first-order chi connectivity index (χ1) is 15.2. The van der Waals surface area contributed by atoms with Crippen LogP contribution in [0.25, 0.3) is 11.2 Å². The first-order valence-corrected chi connectivity index (χ1v) is 10.2. The molecule has 0 spiro atoms. The van der Waals surface area contributed by atoms with E-state index < -0.39 is 0 Å². The molecule has 0 saturated carbocycles. The van der Waals surface area contributed by atoms with Gasteiger partial charge in [-0.1, -0.05) is 18.2 Å². The second-order valence-electron chi connectivity index (χ2n) is 7.45. The van der Waals surface area contributed by atoms with E-state index in [0.29, 0.717) is 42.4 Å². The van der Waals surface area contributed by atoms with Crippen molar-refractivity contribution in [3.63, 3.8) is 0 Å². The highest BCUT2D eigenvalue weighted by Gasteiger charge is 2.20. The number of aryl methyl sites for hydroxylation is 1. The number of nitrogens with one attached hydrogen (secondary N) is 2. The molecule has 0 radical (unpaired) electrons. The third-order valence-electron chi connectivity index (χ3n) is 5.34. The smallest absolute Gasteiger partial charge is 0.232 e. The molecule has 1 aromatic carbocycles. The van der Waals surface area contributed by atoms with E-state index in [9.17, 15) is 4.79 Å². The molecule has 1 aliphatic heterocycles. The highest BCUT2D eigenvalue weighted by molar-refractivity contribution is 5.87. The molecule has 0 atom stereocenters. The number of benzene rings is 1. The molecule has 1 amide bonds. The lowest BCUT2D eigenvalue weighted by Crippen LogP contribution is -2.28. The summed E-state index contributed by atoms with van der Waals surface area (Å²) in [5, 5.41) is 10.8. The topological polar surface area (TPSA) is 106 Å². The van der Waals surface area contributed by atoms with Gasteiger partial charge in [-0.2, -0.15) is 15.1 Å². The van der Waals surface area contributed by atoms with Gasteiger partial charge in [0.15, 0.2) is 17.0 Å². The van der Waals surface area contributed by atoms with Gasteiger partial charge in [0.2, 0.25) is 11.9 Å². The lowest BCUT2D eigenvalue weighted by Gasteiger charge is -2.16. The maximum atomic E-state index is 12.0. The van der Waals surface area contributed by atoms with Gasteiger partial charge in [-0.05, 0) is 18.6 Å². The van der Waals surface area contributed by atoms with Crippen LogP contribution in [0.1, 0.15) is 12.8 Å². The van der Waals surface area contributed by atoms with Gasteiger partial charge in [-0.15, -0.1) is 0 Å². The van der Waals surface area contributed by atoms with Crippen LogP contribution in [-0.2, 0) is 18.4 Å². The van der Waals surface area contributed by atoms with Crippen molar-refractivity contribution in [1.29, 1.82) is 0 Å². The molecule has 1 fully saturated rings.